The number of benzene rings is 1. The highest BCUT2D eigenvalue weighted by Crippen LogP contribution is 2.27. The van der Waals surface area contributed by atoms with E-state index in [9.17, 15) is 13.2 Å². The van der Waals surface area contributed by atoms with Gasteiger partial charge in [-0.1, -0.05) is 6.07 Å². The number of rotatable bonds is 2. The van der Waals surface area contributed by atoms with Crippen LogP contribution in [0.3, 0.4) is 0 Å². The Kier molecular flexibility index (Phi) is 3.19. The van der Waals surface area contributed by atoms with Crippen LogP contribution in [-0.2, 0) is 0 Å². The van der Waals surface area contributed by atoms with Crippen LogP contribution < -0.4 is 0 Å². The summed E-state index contributed by atoms with van der Waals surface area (Å²) in [5, 5.41) is 8.29. The highest BCUT2D eigenvalue weighted by atomic mass is 32.1. The van der Waals surface area contributed by atoms with E-state index in [1.165, 1.54) is 15.9 Å². The van der Waals surface area contributed by atoms with Crippen molar-refractivity contribution in [3.05, 3.63) is 51.9 Å². The molecule has 0 spiro atoms. The fourth-order valence-corrected chi connectivity index (χ4v) is 2.73. The molecule has 0 saturated carbocycles. The molecule has 3 aromatic rings. The first-order valence-electron chi connectivity index (χ1n) is 5.44. The molecule has 8 heteroatoms. The molecule has 0 saturated heterocycles. The fourth-order valence-electron chi connectivity index (χ4n) is 1.80. The largest absolute Gasteiger partial charge is 0.264 e. The SMILES string of the molecule is Fc1cc(F)c(F)c(-n2c(-c3cccs3)n[nH]c2=S)c1. The second-order valence-electron chi connectivity index (χ2n) is 3.89. The maximum atomic E-state index is 13.9. The minimum absolute atomic E-state index is 0.0531. The number of halogens is 3. The van der Waals surface area contributed by atoms with Gasteiger partial charge in [-0.25, -0.2) is 13.2 Å². The number of aromatic nitrogens is 3. The Hall–Kier alpha value is -1.93. The van der Waals surface area contributed by atoms with Crippen LogP contribution in [0.5, 0.6) is 0 Å². The second-order valence-corrected chi connectivity index (χ2v) is 5.22. The standard InChI is InChI=1S/C12H6F3N3S2/c13-6-4-7(14)10(15)8(5-6)18-11(16-17-12(18)19)9-2-1-3-20-9/h1-5H,(H,17,19). The molecule has 2 aromatic heterocycles. The van der Waals surface area contributed by atoms with Gasteiger partial charge in [-0.3, -0.25) is 9.67 Å². The van der Waals surface area contributed by atoms with E-state index in [2.05, 4.69) is 10.2 Å². The summed E-state index contributed by atoms with van der Waals surface area (Å²) >= 11 is 6.37. The van der Waals surface area contributed by atoms with Gasteiger partial charge in [0.1, 0.15) is 5.82 Å². The molecule has 1 N–H and O–H groups in total. The van der Waals surface area contributed by atoms with Crippen molar-refractivity contribution in [2.24, 2.45) is 0 Å². The molecule has 0 fully saturated rings. The van der Waals surface area contributed by atoms with Gasteiger partial charge in [0, 0.05) is 12.1 Å². The van der Waals surface area contributed by atoms with Crippen LogP contribution in [0.25, 0.3) is 16.4 Å². The van der Waals surface area contributed by atoms with Crippen LogP contribution in [0.1, 0.15) is 0 Å². The molecule has 0 aliphatic heterocycles. The van der Waals surface area contributed by atoms with E-state index in [0.29, 0.717) is 16.8 Å². The number of H-pyrrole nitrogens is 1. The van der Waals surface area contributed by atoms with Crippen LogP contribution in [0.4, 0.5) is 13.2 Å². The number of nitrogens with one attached hydrogen (secondary N) is 1. The van der Waals surface area contributed by atoms with Crippen molar-refractivity contribution in [3.63, 3.8) is 0 Å². The smallest absolute Gasteiger partial charge is 0.200 e. The van der Waals surface area contributed by atoms with Crippen LogP contribution in [-0.4, -0.2) is 14.8 Å². The molecule has 102 valence electrons. The van der Waals surface area contributed by atoms with Gasteiger partial charge in [0.2, 0.25) is 0 Å². The van der Waals surface area contributed by atoms with Gasteiger partial charge in [0.15, 0.2) is 22.2 Å². The molecule has 0 atom stereocenters. The lowest BCUT2D eigenvalue weighted by molar-refractivity contribution is 0.490. The zero-order chi connectivity index (χ0) is 14.3. The van der Waals surface area contributed by atoms with E-state index in [0.717, 1.165) is 6.07 Å². The van der Waals surface area contributed by atoms with Gasteiger partial charge in [-0.2, -0.15) is 5.10 Å². The lowest BCUT2D eigenvalue weighted by atomic mass is 10.2. The zero-order valence-corrected chi connectivity index (χ0v) is 11.4. The molecule has 0 amide bonds. The Balaban J connectivity index is 2.31. The van der Waals surface area contributed by atoms with Crippen LogP contribution in [0.15, 0.2) is 29.6 Å². The minimum Gasteiger partial charge on any atom is -0.264 e. The number of thiophene rings is 1. The van der Waals surface area contributed by atoms with Crippen molar-refractivity contribution < 1.29 is 13.2 Å². The van der Waals surface area contributed by atoms with Crippen molar-refractivity contribution >= 4 is 23.6 Å². The molecule has 3 rings (SSSR count). The third-order valence-electron chi connectivity index (χ3n) is 2.63. The van der Waals surface area contributed by atoms with Gasteiger partial charge in [0.05, 0.1) is 10.6 Å². The molecule has 3 nitrogen and oxygen atoms in total. The van der Waals surface area contributed by atoms with E-state index >= 15 is 0 Å². The van der Waals surface area contributed by atoms with Gasteiger partial charge in [-0.05, 0) is 23.7 Å². The number of hydrogen-bond donors (Lipinski definition) is 1. The van der Waals surface area contributed by atoms with Crippen molar-refractivity contribution in [1.82, 2.24) is 14.8 Å². The third-order valence-corrected chi connectivity index (χ3v) is 3.77. The van der Waals surface area contributed by atoms with E-state index in [4.69, 9.17) is 12.2 Å². The number of aromatic amines is 1. The Morgan fingerprint density at radius 2 is 2.05 bits per heavy atom. The summed E-state index contributed by atoms with van der Waals surface area (Å²) in [5.74, 6) is -3.05. The topological polar surface area (TPSA) is 33.6 Å². The minimum atomic E-state index is -1.28. The fraction of sp³-hybridized carbons (Fsp3) is 0. The maximum absolute atomic E-state index is 13.9. The van der Waals surface area contributed by atoms with E-state index in [-0.39, 0.29) is 10.5 Å². The molecule has 0 aliphatic rings. The summed E-state index contributed by atoms with van der Waals surface area (Å²) in [7, 11) is 0. The number of nitrogens with zero attached hydrogens (tertiary/aromatic N) is 2. The van der Waals surface area contributed by atoms with E-state index in [1.54, 1.807) is 17.5 Å². The monoisotopic (exact) mass is 313 g/mol. The highest BCUT2D eigenvalue weighted by Gasteiger charge is 2.18. The predicted octanol–water partition coefficient (Wildman–Crippen LogP) is 4.08. The van der Waals surface area contributed by atoms with Crippen LogP contribution in [0, 0.1) is 22.2 Å². The maximum Gasteiger partial charge on any atom is 0.200 e. The van der Waals surface area contributed by atoms with Crippen molar-refractivity contribution in [2.45, 2.75) is 0 Å². The average Bonchev–Trinajstić information content (AvgIpc) is 3.03. The lowest BCUT2D eigenvalue weighted by Gasteiger charge is -2.07. The Labute approximate surface area is 120 Å². The van der Waals surface area contributed by atoms with Crippen LogP contribution >= 0.6 is 23.6 Å². The van der Waals surface area contributed by atoms with Crippen molar-refractivity contribution in [3.8, 4) is 16.4 Å². The van der Waals surface area contributed by atoms with Crippen molar-refractivity contribution in [1.29, 1.82) is 0 Å². The predicted molar refractivity (Wildman–Crippen MR) is 71.9 cm³/mol. The average molecular weight is 313 g/mol. The van der Waals surface area contributed by atoms with Gasteiger partial charge in [-0.15, -0.1) is 11.3 Å². The lowest BCUT2D eigenvalue weighted by Crippen LogP contribution is -2.03. The van der Waals surface area contributed by atoms with Crippen molar-refractivity contribution in [2.75, 3.05) is 0 Å². The molecule has 20 heavy (non-hydrogen) atoms. The molecule has 0 unspecified atom stereocenters. The molecule has 0 bridgehead atoms. The highest BCUT2D eigenvalue weighted by molar-refractivity contribution is 7.71. The van der Waals surface area contributed by atoms with E-state index in [1.807, 2.05) is 0 Å². The van der Waals surface area contributed by atoms with Crippen LogP contribution in [0.2, 0.25) is 0 Å². The first kappa shape index (κ1) is 13.1. The number of hydrogen-bond acceptors (Lipinski definition) is 3. The molecular weight excluding hydrogens is 307 g/mol. The van der Waals surface area contributed by atoms with Gasteiger partial charge in [0.25, 0.3) is 0 Å². The quantitative estimate of drug-likeness (QED) is 0.571. The normalized spacial score (nSPS) is 10.9. The molecule has 0 aliphatic carbocycles. The molecular formula is C12H6F3N3S2. The molecule has 2 heterocycles. The summed E-state index contributed by atoms with van der Waals surface area (Å²) in [6.45, 7) is 0. The first-order chi connectivity index (χ1) is 9.58. The van der Waals surface area contributed by atoms with Gasteiger partial charge < -0.3 is 0 Å². The van der Waals surface area contributed by atoms with Gasteiger partial charge >= 0.3 is 0 Å². The zero-order valence-electron chi connectivity index (χ0n) is 9.73. The summed E-state index contributed by atoms with van der Waals surface area (Å²) in [6, 6.07) is 4.89. The third kappa shape index (κ3) is 2.06. The molecule has 0 radical (unpaired) electrons. The molecule has 1 aromatic carbocycles. The Morgan fingerprint density at radius 3 is 2.75 bits per heavy atom. The second kappa shape index (κ2) is 4.88. The summed E-state index contributed by atoms with van der Waals surface area (Å²) in [5.41, 5.74) is -0.315. The Morgan fingerprint density at radius 1 is 1.25 bits per heavy atom. The summed E-state index contributed by atoms with van der Waals surface area (Å²) in [6.07, 6.45) is 0. The first-order valence-corrected chi connectivity index (χ1v) is 6.73. The summed E-state index contributed by atoms with van der Waals surface area (Å²) < 4.78 is 41.8. The summed E-state index contributed by atoms with van der Waals surface area (Å²) in [4.78, 5) is 0.696. The Bertz CT molecular complexity index is 821. The van der Waals surface area contributed by atoms with E-state index < -0.39 is 17.5 Å².